The minimum Gasteiger partial charge on any atom is -0.497 e. The van der Waals surface area contributed by atoms with Crippen molar-refractivity contribution in [1.82, 2.24) is 5.32 Å². The van der Waals surface area contributed by atoms with Crippen molar-refractivity contribution in [2.24, 2.45) is 0 Å². The van der Waals surface area contributed by atoms with Gasteiger partial charge < -0.3 is 14.8 Å². The Kier molecular flexibility index (Phi) is 5.88. The number of thiophene rings is 1. The molecule has 3 nitrogen and oxygen atoms in total. The van der Waals surface area contributed by atoms with Gasteiger partial charge >= 0.3 is 0 Å². The molecule has 0 spiro atoms. The second-order valence-electron chi connectivity index (χ2n) is 5.46. The molecule has 3 rings (SSSR count). The van der Waals surface area contributed by atoms with Gasteiger partial charge in [-0.15, -0.1) is 11.3 Å². The van der Waals surface area contributed by atoms with Crippen LogP contribution in [0, 0.1) is 0 Å². The third kappa shape index (κ3) is 4.85. The topological polar surface area (TPSA) is 30.5 Å². The molecule has 0 aliphatic carbocycles. The number of ether oxygens (including phenoxy) is 2. The van der Waals surface area contributed by atoms with Crippen molar-refractivity contribution >= 4 is 11.3 Å². The van der Waals surface area contributed by atoms with E-state index >= 15 is 0 Å². The highest BCUT2D eigenvalue weighted by Crippen LogP contribution is 2.16. The molecule has 3 aromatic rings. The zero-order valence-corrected chi connectivity index (χ0v) is 14.5. The van der Waals surface area contributed by atoms with E-state index in [0.717, 1.165) is 24.6 Å². The third-order valence-corrected chi connectivity index (χ3v) is 4.55. The fourth-order valence-electron chi connectivity index (χ4n) is 2.35. The fraction of sp³-hybridized carbons (Fsp3) is 0.200. The van der Waals surface area contributed by atoms with Gasteiger partial charge in [0.15, 0.2) is 0 Å². The van der Waals surface area contributed by atoms with Gasteiger partial charge in [0.2, 0.25) is 0 Å². The molecule has 0 amide bonds. The van der Waals surface area contributed by atoms with Gasteiger partial charge in [-0.2, -0.15) is 0 Å². The van der Waals surface area contributed by atoms with E-state index in [4.69, 9.17) is 9.47 Å². The molecule has 1 N–H and O–H groups in total. The molecule has 4 heteroatoms. The number of hydrogen-bond donors (Lipinski definition) is 1. The van der Waals surface area contributed by atoms with E-state index in [1.54, 1.807) is 18.4 Å². The van der Waals surface area contributed by atoms with E-state index in [0.29, 0.717) is 6.61 Å². The van der Waals surface area contributed by atoms with Crippen LogP contribution < -0.4 is 14.8 Å². The van der Waals surface area contributed by atoms with Crippen molar-refractivity contribution < 1.29 is 9.47 Å². The van der Waals surface area contributed by atoms with E-state index in [-0.39, 0.29) is 0 Å². The van der Waals surface area contributed by atoms with E-state index in [2.05, 4.69) is 41.0 Å². The molecule has 124 valence electrons. The molecule has 0 saturated carbocycles. The first kappa shape index (κ1) is 16.6. The number of nitrogens with one attached hydrogen (secondary N) is 1. The lowest BCUT2D eigenvalue weighted by Crippen LogP contribution is -2.12. The molecule has 0 aliphatic rings. The van der Waals surface area contributed by atoms with Crippen LogP contribution in [0.3, 0.4) is 0 Å². The van der Waals surface area contributed by atoms with Gasteiger partial charge in [-0.1, -0.05) is 30.3 Å². The van der Waals surface area contributed by atoms with Gasteiger partial charge in [-0.25, -0.2) is 0 Å². The second-order valence-corrected chi connectivity index (χ2v) is 6.50. The minimum absolute atomic E-state index is 0.632. The molecule has 0 fully saturated rings. The van der Waals surface area contributed by atoms with E-state index in [1.165, 1.54) is 16.0 Å². The van der Waals surface area contributed by atoms with Gasteiger partial charge in [0.05, 0.1) is 7.11 Å². The van der Waals surface area contributed by atoms with Crippen LogP contribution in [-0.4, -0.2) is 7.11 Å². The van der Waals surface area contributed by atoms with Crippen LogP contribution in [0.2, 0.25) is 0 Å². The number of benzene rings is 2. The summed E-state index contributed by atoms with van der Waals surface area (Å²) in [4.78, 5) is 1.24. The molecule has 24 heavy (non-hydrogen) atoms. The summed E-state index contributed by atoms with van der Waals surface area (Å²) >= 11 is 1.71. The van der Waals surface area contributed by atoms with Crippen LogP contribution in [0.25, 0.3) is 0 Å². The zero-order chi connectivity index (χ0) is 16.6. The Bertz CT molecular complexity index is 721. The number of hydrogen-bond acceptors (Lipinski definition) is 4. The lowest BCUT2D eigenvalue weighted by Gasteiger charge is -2.08. The maximum absolute atomic E-state index is 5.78. The second kappa shape index (κ2) is 8.52. The molecule has 0 bridgehead atoms. The average molecular weight is 339 g/mol. The molecular formula is C20H21NO2S. The Morgan fingerprint density at radius 2 is 1.46 bits per heavy atom. The summed E-state index contributed by atoms with van der Waals surface area (Å²) in [6.45, 7) is 2.30. The molecule has 0 saturated heterocycles. The van der Waals surface area contributed by atoms with Crippen molar-refractivity contribution in [2.75, 3.05) is 7.11 Å². The van der Waals surface area contributed by atoms with Crippen molar-refractivity contribution in [1.29, 1.82) is 0 Å². The summed E-state index contributed by atoms with van der Waals surface area (Å²) in [6.07, 6.45) is 0. The summed E-state index contributed by atoms with van der Waals surface area (Å²) < 4.78 is 10.9. The summed E-state index contributed by atoms with van der Waals surface area (Å²) in [6, 6.07) is 20.5. The van der Waals surface area contributed by atoms with E-state index in [9.17, 15) is 0 Å². The summed E-state index contributed by atoms with van der Waals surface area (Å²) in [5, 5.41) is 5.52. The van der Waals surface area contributed by atoms with Crippen LogP contribution in [-0.2, 0) is 19.7 Å². The van der Waals surface area contributed by atoms with Crippen LogP contribution in [0.5, 0.6) is 11.5 Å². The van der Waals surface area contributed by atoms with Gasteiger partial charge in [0.1, 0.15) is 18.1 Å². The monoisotopic (exact) mass is 339 g/mol. The van der Waals surface area contributed by atoms with Crippen LogP contribution in [0.1, 0.15) is 16.0 Å². The SMILES string of the molecule is COc1ccc(CNCc2ccc(OCc3cccs3)cc2)cc1. The Morgan fingerprint density at radius 3 is 2.00 bits per heavy atom. The van der Waals surface area contributed by atoms with Gasteiger partial charge in [-0.3, -0.25) is 0 Å². The van der Waals surface area contributed by atoms with Gasteiger partial charge in [-0.05, 0) is 46.8 Å². The van der Waals surface area contributed by atoms with E-state index in [1.807, 2.05) is 30.3 Å². The van der Waals surface area contributed by atoms with Crippen LogP contribution >= 0.6 is 11.3 Å². The highest BCUT2D eigenvalue weighted by molar-refractivity contribution is 7.09. The maximum atomic E-state index is 5.78. The molecule has 0 unspecified atom stereocenters. The standard InChI is InChI=1S/C20H21NO2S/c1-22-18-8-4-16(5-9-18)13-21-14-17-6-10-19(11-7-17)23-15-20-3-2-12-24-20/h2-12,21H,13-15H2,1H3. The quantitative estimate of drug-likeness (QED) is 0.649. The maximum Gasteiger partial charge on any atom is 0.122 e. The van der Waals surface area contributed by atoms with Crippen molar-refractivity contribution in [3.8, 4) is 11.5 Å². The Morgan fingerprint density at radius 1 is 0.833 bits per heavy atom. The zero-order valence-electron chi connectivity index (χ0n) is 13.7. The first-order valence-electron chi connectivity index (χ1n) is 7.91. The van der Waals surface area contributed by atoms with Crippen LogP contribution in [0.4, 0.5) is 0 Å². The molecule has 2 aromatic carbocycles. The summed E-state index contributed by atoms with van der Waals surface area (Å²) in [7, 11) is 1.68. The average Bonchev–Trinajstić information content (AvgIpc) is 3.15. The Hall–Kier alpha value is -2.30. The van der Waals surface area contributed by atoms with Gasteiger partial charge in [0.25, 0.3) is 0 Å². The van der Waals surface area contributed by atoms with Crippen molar-refractivity contribution in [3.05, 3.63) is 82.0 Å². The molecule has 0 radical (unpaired) electrons. The fourth-order valence-corrected chi connectivity index (χ4v) is 2.96. The predicted octanol–water partition coefficient (Wildman–Crippen LogP) is 4.63. The van der Waals surface area contributed by atoms with E-state index < -0.39 is 0 Å². The first-order valence-corrected chi connectivity index (χ1v) is 8.79. The molecule has 1 aromatic heterocycles. The largest absolute Gasteiger partial charge is 0.497 e. The summed E-state index contributed by atoms with van der Waals surface area (Å²) in [5.41, 5.74) is 2.48. The normalized spacial score (nSPS) is 10.5. The Balaban J connectivity index is 1.43. The molecular weight excluding hydrogens is 318 g/mol. The molecule has 0 atom stereocenters. The Labute approximate surface area is 146 Å². The molecule has 0 aliphatic heterocycles. The van der Waals surface area contributed by atoms with Gasteiger partial charge in [0, 0.05) is 18.0 Å². The lowest BCUT2D eigenvalue weighted by atomic mass is 10.2. The number of rotatable bonds is 8. The lowest BCUT2D eigenvalue weighted by molar-refractivity contribution is 0.309. The highest BCUT2D eigenvalue weighted by Gasteiger charge is 1.99. The highest BCUT2D eigenvalue weighted by atomic mass is 32.1. The minimum atomic E-state index is 0.632. The van der Waals surface area contributed by atoms with Crippen LogP contribution in [0.15, 0.2) is 66.0 Å². The van der Waals surface area contributed by atoms with Crippen molar-refractivity contribution in [2.45, 2.75) is 19.7 Å². The third-order valence-electron chi connectivity index (χ3n) is 3.70. The number of methoxy groups -OCH3 is 1. The summed E-state index contributed by atoms with van der Waals surface area (Å²) in [5.74, 6) is 1.79. The predicted molar refractivity (Wildman–Crippen MR) is 98.6 cm³/mol. The first-order chi connectivity index (χ1) is 11.8. The molecule has 1 heterocycles. The van der Waals surface area contributed by atoms with Crippen molar-refractivity contribution in [3.63, 3.8) is 0 Å². The smallest absolute Gasteiger partial charge is 0.122 e.